The van der Waals surface area contributed by atoms with E-state index in [1.54, 1.807) is 0 Å². The number of nitrogens with two attached hydrogens (primary N) is 2. The Morgan fingerprint density at radius 1 is 0.929 bits per heavy atom. The van der Waals surface area contributed by atoms with E-state index in [4.69, 9.17) is 20.9 Å². The summed E-state index contributed by atoms with van der Waals surface area (Å²) in [6.45, 7) is 2.44. The Morgan fingerprint density at radius 3 is 2.36 bits per heavy atom. The van der Waals surface area contributed by atoms with Crippen LogP contribution in [0.3, 0.4) is 0 Å². The van der Waals surface area contributed by atoms with Crippen LogP contribution < -0.4 is 11.5 Å². The fourth-order valence-electron chi connectivity index (χ4n) is 2.38. The van der Waals surface area contributed by atoms with E-state index in [-0.39, 0.29) is 18.2 Å². The largest absolute Gasteiger partial charge is 0.381 e. The zero-order valence-corrected chi connectivity index (χ0v) is 8.52. The summed E-state index contributed by atoms with van der Waals surface area (Å²) in [6, 6.07) is 0.114. The number of hydrogen-bond acceptors (Lipinski definition) is 4. The average molecular weight is 200 g/mol. The maximum Gasteiger partial charge on any atom is 0.0770 e. The number of rotatable bonds is 1. The first-order valence-electron chi connectivity index (χ1n) is 5.49. The van der Waals surface area contributed by atoms with Crippen LogP contribution in [0.25, 0.3) is 0 Å². The Hall–Kier alpha value is -0.160. The highest BCUT2D eigenvalue weighted by molar-refractivity contribution is 4.91. The van der Waals surface area contributed by atoms with Crippen molar-refractivity contribution in [2.24, 2.45) is 17.4 Å². The molecule has 0 aromatic rings. The van der Waals surface area contributed by atoms with Gasteiger partial charge < -0.3 is 20.9 Å². The zero-order valence-electron chi connectivity index (χ0n) is 8.52. The fourth-order valence-corrected chi connectivity index (χ4v) is 2.38. The van der Waals surface area contributed by atoms with Gasteiger partial charge in [-0.3, -0.25) is 0 Å². The molecule has 0 aromatic heterocycles. The van der Waals surface area contributed by atoms with Crippen LogP contribution in [0, 0.1) is 5.92 Å². The van der Waals surface area contributed by atoms with Gasteiger partial charge in [0.2, 0.25) is 0 Å². The smallest absolute Gasteiger partial charge is 0.0770 e. The molecule has 14 heavy (non-hydrogen) atoms. The lowest BCUT2D eigenvalue weighted by Gasteiger charge is -2.39. The second-order valence-corrected chi connectivity index (χ2v) is 4.32. The van der Waals surface area contributed by atoms with Crippen LogP contribution >= 0.6 is 0 Å². The van der Waals surface area contributed by atoms with Crippen molar-refractivity contribution in [3.8, 4) is 0 Å². The van der Waals surface area contributed by atoms with Crippen molar-refractivity contribution < 1.29 is 9.47 Å². The lowest BCUT2D eigenvalue weighted by atomic mass is 9.85. The van der Waals surface area contributed by atoms with Gasteiger partial charge in [-0.25, -0.2) is 0 Å². The van der Waals surface area contributed by atoms with Crippen molar-refractivity contribution in [3.05, 3.63) is 0 Å². The Morgan fingerprint density at radius 2 is 1.64 bits per heavy atom. The van der Waals surface area contributed by atoms with Crippen molar-refractivity contribution >= 4 is 0 Å². The van der Waals surface area contributed by atoms with Crippen LogP contribution in [-0.4, -0.2) is 38.0 Å². The van der Waals surface area contributed by atoms with Crippen molar-refractivity contribution in [1.29, 1.82) is 0 Å². The first kappa shape index (κ1) is 10.4. The Labute approximate surface area is 84.9 Å². The molecule has 2 heterocycles. The minimum Gasteiger partial charge on any atom is -0.381 e. The monoisotopic (exact) mass is 200 g/mol. The van der Waals surface area contributed by atoms with Gasteiger partial charge in [-0.15, -0.1) is 0 Å². The molecule has 0 saturated carbocycles. The van der Waals surface area contributed by atoms with Crippen molar-refractivity contribution in [3.63, 3.8) is 0 Å². The number of ether oxygens (including phenoxy) is 2. The van der Waals surface area contributed by atoms with Gasteiger partial charge in [-0.05, 0) is 25.2 Å². The summed E-state index contributed by atoms with van der Waals surface area (Å²) in [7, 11) is 0. The summed E-state index contributed by atoms with van der Waals surface area (Å²) in [6.07, 6.45) is 3.17. The molecule has 82 valence electrons. The van der Waals surface area contributed by atoms with Crippen LogP contribution in [0.4, 0.5) is 0 Å². The maximum absolute atomic E-state index is 6.06. The van der Waals surface area contributed by atoms with E-state index >= 15 is 0 Å². The predicted molar refractivity (Wildman–Crippen MR) is 53.9 cm³/mol. The van der Waals surface area contributed by atoms with Gasteiger partial charge in [-0.1, -0.05) is 0 Å². The Kier molecular flexibility index (Phi) is 3.38. The third-order valence-corrected chi connectivity index (χ3v) is 3.37. The van der Waals surface area contributed by atoms with E-state index in [9.17, 15) is 0 Å². The summed E-state index contributed by atoms with van der Waals surface area (Å²) in [5, 5.41) is 0. The normalized spacial score (nSPS) is 41.1. The molecular weight excluding hydrogens is 180 g/mol. The highest BCUT2D eigenvalue weighted by Crippen LogP contribution is 2.26. The van der Waals surface area contributed by atoms with E-state index in [0.29, 0.717) is 5.92 Å². The molecule has 0 bridgehead atoms. The molecule has 2 rings (SSSR count). The third kappa shape index (κ3) is 2.08. The first-order valence-corrected chi connectivity index (χ1v) is 5.49. The van der Waals surface area contributed by atoms with Gasteiger partial charge in [0.1, 0.15) is 0 Å². The molecule has 2 saturated heterocycles. The lowest BCUT2D eigenvalue weighted by molar-refractivity contribution is -0.0709. The minimum absolute atomic E-state index is 0.00634. The summed E-state index contributed by atoms with van der Waals surface area (Å²) < 4.78 is 11.1. The molecule has 4 nitrogen and oxygen atoms in total. The molecular formula is C10H20N2O2. The fraction of sp³-hybridized carbons (Fsp3) is 1.00. The van der Waals surface area contributed by atoms with Gasteiger partial charge in [0.15, 0.2) is 0 Å². The predicted octanol–water partition coefficient (Wildman–Crippen LogP) is -0.143. The summed E-state index contributed by atoms with van der Waals surface area (Å²) in [5.74, 6) is 0.546. The van der Waals surface area contributed by atoms with Gasteiger partial charge in [0.05, 0.1) is 6.10 Å². The van der Waals surface area contributed by atoms with Crippen LogP contribution in [0.15, 0.2) is 0 Å². The SMILES string of the molecule is NC1CCOC(C2CCOCC2)C1N. The zero-order chi connectivity index (χ0) is 9.97. The third-order valence-electron chi connectivity index (χ3n) is 3.37. The van der Waals surface area contributed by atoms with Gasteiger partial charge in [-0.2, -0.15) is 0 Å². The van der Waals surface area contributed by atoms with Crippen LogP contribution in [-0.2, 0) is 9.47 Å². The van der Waals surface area contributed by atoms with E-state index < -0.39 is 0 Å². The Balaban J connectivity index is 1.93. The quantitative estimate of drug-likeness (QED) is 0.618. The van der Waals surface area contributed by atoms with Crippen molar-refractivity contribution in [2.45, 2.75) is 37.5 Å². The molecule has 4 N–H and O–H groups in total. The molecule has 2 aliphatic rings. The van der Waals surface area contributed by atoms with Crippen molar-refractivity contribution in [1.82, 2.24) is 0 Å². The lowest BCUT2D eigenvalue weighted by Crippen LogP contribution is -2.57. The molecule has 2 fully saturated rings. The Bertz CT molecular complexity index is 183. The summed E-state index contributed by atoms with van der Waals surface area (Å²) in [5.41, 5.74) is 12.0. The van der Waals surface area contributed by atoms with E-state index in [1.165, 1.54) is 0 Å². The number of hydrogen-bond donors (Lipinski definition) is 2. The van der Waals surface area contributed by atoms with E-state index in [0.717, 1.165) is 39.1 Å². The van der Waals surface area contributed by atoms with Crippen LogP contribution in [0.5, 0.6) is 0 Å². The average Bonchev–Trinajstić information content (AvgIpc) is 2.23. The highest BCUT2D eigenvalue weighted by Gasteiger charge is 2.35. The molecule has 0 spiro atoms. The second-order valence-electron chi connectivity index (χ2n) is 4.32. The molecule has 3 atom stereocenters. The highest BCUT2D eigenvalue weighted by atomic mass is 16.5. The van der Waals surface area contributed by atoms with Gasteiger partial charge in [0.25, 0.3) is 0 Å². The molecule has 2 aliphatic heterocycles. The minimum atomic E-state index is 0.00634. The molecule has 4 heteroatoms. The molecule has 0 amide bonds. The molecule has 0 radical (unpaired) electrons. The maximum atomic E-state index is 6.06. The molecule has 3 unspecified atom stereocenters. The molecule has 0 aromatic carbocycles. The summed E-state index contributed by atoms with van der Waals surface area (Å²) >= 11 is 0. The van der Waals surface area contributed by atoms with Crippen molar-refractivity contribution in [2.75, 3.05) is 19.8 Å². The first-order chi connectivity index (χ1) is 6.79. The van der Waals surface area contributed by atoms with Gasteiger partial charge >= 0.3 is 0 Å². The van der Waals surface area contributed by atoms with Crippen LogP contribution in [0.2, 0.25) is 0 Å². The molecule has 0 aliphatic carbocycles. The van der Waals surface area contributed by atoms with Gasteiger partial charge in [0, 0.05) is 31.9 Å². The van der Waals surface area contributed by atoms with Crippen LogP contribution in [0.1, 0.15) is 19.3 Å². The second kappa shape index (κ2) is 4.57. The standard InChI is InChI=1S/C10H20N2O2/c11-8-3-6-14-10(9(8)12)7-1-4-13-5-2-7/h7-10H,1-6,11-12H2. The van der Waals surface area contributed by atoms with E-state index in [1.807, 2.05) is 0 Å². The topological polar surface area (TPSA) is 70.5 Å². The summed E-state index contributed by atoms with van der Waals surface area (Å²) in [4.78, 5) is 0. The van der Waals surface area contributed by atoms with E-state index in [2.05, 4.69) is 0 Å².